The van der Waals surface area contributed by atoms with Crippen molar-refractivity contribution >= 4 is 23.0 Å². The second-order valence-corrected chi connectivity index (χ2v) is 6.51. The van der Waals surface area contributed by atoms with Crippen LogP contribution in [0.3, 0.4) is 0 Å². The first-order chi connectivity index (χ1) is 10.7. The Morgan fingerprint density at radius 3 is 2.61 bits per heavy atom. The first-order valence-electron chi connectivity index (χ1n) is 7.59. The Labute approximate surface area is 135 Å². The lowest BCUT2D eigenvalue weighted by molar-refractivity contribution is -0.154. The van der Waals surface area contributed by atoms with Gasteiger partial charge in [0.2, 0.25) is 0 Å². The van der Waals surface area contributed by atoms with E-state index in [1.807, 2.05) is 32.3 Å². The summed E-state index contributed by atoms with van der Waals surface area (Å²) in [6.07, 6.45) is 0.978. The van der Waals surface area contributed by atoms with E-state index < -0.39 is 11.6 Å². The number of aryl methyl sites for hydroxylation is 2. The fraction of sp³-hybridized carbons (Fsp3) is 0.471. The molecule has 2 rings (SSSR count). The number of imidazole rings is 1. The maximum absolute atomic E-state index is 11.7. The molecule has 0 atom stereocenters. The van der Waals surface area contributed by atoms with Crippen molar-refractivity contribution in [3.05, 3.63) is 29.6 Å². The summed E-state index contributed by atoms with van der Waals surface area (Å²) in [7, 11) is 0. The van der Waals surface area contributed by atoms with E-state index in [1.54, 1.807) is 18.2 Å². The number of aromatic nitrogens is 2. The molecule has 0 saturated carbocycles. The number of aromatic carboxylic acids is 1. The number of carbonyl (C=O) groups is 2. The van der Waals surface area contributed by atoms with Crippen molar-refractivity contribution < 1.29 is 19.4 Å². The highest BCUT2D eigenvalue weighted by atomic mass is 16.6. The Hall–Kier alpha value is -2.37. The van der Waals surface area contributed by atoms with Crippen LogP contribution in [-0.2, 0) is 16.1 Å². The molecule has 6 nitrogen and oxygen atoms in total. The number of carboxylic acids is 1. The molecule has 0 aliphatic rings. The Kier molecular flexibility index (Phi) is 4.73. The zero-order valence-corrected chi connectivity index (χ0v) is 13.9. The van der Waals surface area contributed by atoms with Crippen LogP contribution in [0.4, 0.5) is 0 Å². The highest BCUT2D eigenvalue weighted by Gasteiger charge is 2.16. The Balaban J connectivity index is 2.07. The fourth-order valence-electron chi connectivity index (χ4n) is 2.44. The van der Waals surface area contributed by atoms with Crippen molar-refractivity contribution in [1.29, 1.82) is 0 Å². The minimum atomic E-state index is -0.968. The molecule has 23 heavy (non-hydrogen) atoms. The average molecular weight is 318 g/mol. The van der Waals surface area contributed by atoms with Crippen LogP contribution in [0.2, 0.25) is 0 Å². The summed E-state index contributed by atoms with van der Waals surface area (Å²) in [4.78, 5) is 27.2. The lowest BCUT2D eigenvalue weighted by atomic mass is 10.2. The zero-order valence-electron chi connectivity index (χ0n) is 13.9. The van der Waals surface area contributed by atoms with Gasteiger partial charge in [0, 0.05) is 13.0 Å². The van der Waals surface area contributed by atoms with Gasteiger partial charge < -0.3 is 14.4 Å². The standard InChI is InChI=1S/C17H22N2O4/c1-11-18-13-10-12(16(21)22)7-8-14(13)19(11)9-5-6-15(20)23-17(2,3)4/h7-8,10H,5-6,9H2,1-4H3,(H,21,22). The van der Waals surface area contributed by atoms with E-state index in [0.717, 1.165) is 11.3 Å². The van der Waals surface area contributed by atoms with Gasteiger partial charge in [0.15, 0.2) is 0 Å². The molecular formula is C17H22N2O4. The predicted octanol–water partition coefficient (Wildman–Crippen LogP) is 3.16. The summed E-state index contributed by atoms with van der Waals surface area (Å²) in [6.45, 7) is 8.04. The number of fused-ring (bicyclic) bond motifs is 1. The molecule has 6 heteroatoms. The van der Waals surface area contributed by atoms with Gasteiger partial charge in [-0.1, -0.05) is 0 Å². The number of benzene rings is 1. The summed E-state index contributed by atoms with van der Waals surface area (Å²) in [5.41, 5.74) is 1.27. The van der Waals surface area contributed by atoms with Gasteiger partial charge in [0.25, 0.3) is 0 Å². The van der Waals surface area contributed by atoms with Crippen LogP contribution < -0.4 is 0 Å². The van der Waals surface area contributed by atoms with Gasteiger partial charge in [-0.15, -0.1) is 0 Å². The van der Waals surface area contributed by atoms with Crippen molar-refractivity contribution in [2.75, 3.05) is 0 Å². The highest BCUT2D eigenvalue weighted by molar-refractivity contribution is 5.92. The van der Waals surface area contributed by atoms with Gasteiger partial charge in [-0.2, -0.15) is 0 Å². The van der Waals surface area contributed by atoms with Crippen LogP contribution in [0.15, 0.2) is 18.2 Å². The van der Waals surface area contributed by atoms with Crippen molar-refractivity contribution in [2.45, 2.75) is 52.7 Å². The number of esters is 1. The molecule has 1 heterocycles. The molecule has 1 N–H and O–H groups in total. The van der Waals surface area contributed by atoms with Crippen LogP contribution in [0, 0.1) is 6.92 Å². The molecule has 0 aliphatic heterocycles. The molecule has 0 saturated heterocycles. The van der Waals surface area contributed by atoms with E-state index in [4.69, 9.17) is 9.84 Å². The normalized spacial score (nSPS) is 11.7. The predicted molar refractivity (Wildman–Crippen MR) is 86.5 cm³/mol. The number of hydrogen-bond acceptors (Lipinski definition) is 4. The molecule has 0 amide bonds. The number of nitrogens with zero attached hydrogens (tertiary/aromatic N) is 2. The van der Waals surface area contributed by atoms with Crippen LogP contribution in [0.1, 0.15) is 49.8 Å². The number of hydrogen-bond donors (Lipinski definition) is 1. The minimum absolute atomic E-state index is 0.215. The third-order valence-corrected chi connectivity index (χ3v) is 3.37. The topological polar surface area (TPSA) is 81.4 Å². The van der Waals surface area contributed by atoms with E-state index in [0.29, 0.717) is 24.9 Å². The summed E-state index contributed by atoms with van der Waals surface area (Å²) in [5.74, 6) is -0.386. The largest absolute Gasteiger partial charge is 0.478 e. The molecule has 0 fully saturated rings. The summed E-state index contributed by atoms with van der Waals surface area (Å²) >= 11 is 0. The third-order valence-electron chi connectivity index (χ3n) is 3.37. The van der Waals surface area contributed by atoms with Gasteiger partial charge in [-0.25, -0.2) is 9.78 Å². The van der Waals surface area contributed by atoms with Crippen LogP contribution in [0.5, 0.6) is 0 Å². The maximum atomic E-state index is 11.7. The van der Waals surface area contributed by atoms with E-state index in [9.17, 15) is 9.59 Å². The highest BCUT2D eigenvalue weighted by Crippen LogP contribution is 2.19. The molecule has 124 valence electrons. The van der Waals surface area contributed by atoms with Gasteiger partial charge in [-0.05, 0) is 52.3 Å². The van der Waals surface area contributed by atoms with Crippen LogP contribution >= 0.6 is 0 Å². The van der Waals surface area contributed by atoms with E-state index in [1.165, 1.54) is 0 Å². The fourth-order valence-corrected chi connectivity index (χ4v) is 2.44. The van der Waals surface area contributed by atoms with Gasteiger partial charge in [-0.3, -0.25) is 4.79 Å². The lowest BCUT2D eigenvalue weighted by Gasteiger charge is -2.19. The Morgan fingerprint density at radius 2 is 2.00 bits per heavy atom. The first-order valence-corrected chi connectivity index (χ1v) is 7.59. The third kappa shape index (κ3) is 4.31. The molecule has 1 aromatic carbocycles. The second-order valence-electron chi connectivity index (χ2n) is 6.51. The smallest absolute Gasteiger partial charge is 0.335 e. The van der Waals surface area contributed by atoms with Crippen molar-refractivity contribution in [1.82, 2.24) is 9.55 Å². The molecule has 2 aromatic rings. The number of rotatable bonds is 5. The number of carbonyl (C=O) groups excluding carboxylic acids is 1. The molecule has 0 aliphatic carbocycles. The van der Waals surface area contributed by atoms with Crippen molar-refractivity contribution in [3.63, 3.8) is 0 Å². The maximum Gasteiger partial charge on any atom is 0.335 e. The van der Waals surface area contributed by atoms with Gasteiger partial charge >= 0.3 is 11.9 Å². The minimum Gasteiger partial charge on any atom is -0.478 e. The average Bonchev–Trinajstić information content (AvgIpc) is 2.72. The molecule has 0 radical (unpaired) electrons. The van der Waals surface area contributed by atoms with E-state index in [-0.39, 0.29) is 11.5 Å². The molecule has 0 unspecified atom stereocenters. The van der Waals surface area contributed by atoms with Crippen LogP contribution in [-0.4, -0.2) is 32.2 Å². The summed E-state index contributed by atoms with van der Waals surface area (Å²) < 4.78 is 7.28. The summed E-state index contributed by atoms with van der Waals surface area (Å²) in [5, 5.41) is 9.03. The molecule has 0 bridgehead atoms. The zero-order chi connectivity index (χ0) is 17.2. The van der Waals surface area contributed by atoms with Crippen molar-refractivity contribution in [2.24, 2.45) is 0 Å². The SMILES string of the molecule is Cc1nc2cc(C(=O)O)ccc2n1CCCC(=O)OC(C)(C)C. The van der Waals surface area contributed by atoms with Gasteiger partial charge in [0.1, 0.15) is 11.4 Å². The van der Waals surface area contributed by atoms with E-state index in [2.05, 4.69) is 4.98 Å². The van der Waals surface area contributed by atoms with Crippen molar-refractivity contribution in [3.8, 4) is 0 Å². The summed E-state index contributed by atoms with van der Waals surface area (Å²) in [6, 6.07) is 4.89. The molecular weight excluding hydrogens is 296 g/mol. The Bertz CT molecular complexity index is 741. The Morgan fingerprint density at radius 1 is 1.30 bits per heavy atom. The van der Waals surface area contributed by atoms with Gasteiger partial charge in [0.05, 0.1) is 16.6 Å². The monoisotopic (exact) mass is 318 g/mol. The quantitative estimate of drug-likeness (QED) is 0.856. The lowest BCUT2D eigenvalue weighted by Crippen LogP contribution is -2.23. The number of carboxylic acid groups (broad SMARTS) is 1. The number of ether oxygens (including phenoxy) is 1. The second kappa shape index (κ2) is 6.40. The van der Waals surface area contributed by atoms with Crippen LogP contribution in [0.25, 0.3) is 11.0 Å². The molecule has 0 spiro atoms. The first kappa shape index (κ1) is 17.0. The molecule has 1 aromatic heterocycles. The van der Waals surface area contributed by atoms with E-state index >= 15 is 0 Å².